The van der Waals surface area contributed by atoms with Gasteiger partial charge in [0.15, 0.2) is 11.5 Å². The van der Waals surface area contributed by atoms with Crippen molar-refractivity contribution in [1.82, 2.24) is 0 Å². The molecule has 5 aliphatic rings. The monoisotopic (exact) mass is 454 g/mol. The van der Waals surface area contributed by atoms with Crippen molar-refractivity contribution in [2.75, 3.05) is 13.9 Å². The third-order valence-corrected chi connectivity index (χ3v) is 10.5. The maximum absolute atomic E-state index is 11.6. The van der Waals surface area contributed by atoms with Gasteiger partial charge in [-0.1, -0.05) is 19.9 Å². The highest BCUT2D eigenvalue weighted by Gasteiger charge is 2.61. The van der Waals surface area contributed by atoms with Gasteiger partial charge >= 0.3 is 0 Å². The highest BCUT2D eigenvalue weighted by Crippen LogP contribution is 2.67. The van der Waals surface area contributed by atoms with Crippen LogP contribution in [-0.4, -0.2) is 36.3 Å². The summed E-state index contributed by atoms with van der Waals surface area (Å²) >= 11 is 0. The summed E-state index contributed by atoms with van der Waals surface area (Å²) in [4.78, 5) is 0. The van der Waals surface area contributed by atoms with E-state index in [-0.39, 0.29) is 18.3 Å². The lowest BCUT2D eigenvalue weighted by atomic mass is 9.45. The van der Waals surface area contributed by atoms with Crippen LogP contribution in [0.3, 0.4) is 0 Å². The Hall–Kier alpha value is -1.72. The van der Waals surface area contributed by atoms with Gasteiger partial charge in [0.2, 0.25) is 12.5 Å². The van der Waals surface area contributed by atoms with Gasteiger partial charge in [0.05, 0.1) is 19.3 Å². The Labute approximate surface area is 197 Å². The van der Waals surface area contributed by atoms with Crippen LogP contribution in [0.1, 0.15) is 70.8 Å². The molecule has 0 radical (unpaired) electrons. The van der Waals surface area contributed by atoms with Crippen LogP contribution in [0, 0.1) is 34.5 Å². The SMILES string of the molecule is COc1cc(/C=C2\C[C@H]3[C@@H]4CC[C@H]5C[C@H](O)CC[C@]5(C)[C@H]4CC[C@]3(C)[C@@H]2O)cc2c1OCO2. The molecule has 0 bridgehead atoms. The van der Waals surface area contributed by atoms with Crippen molar-refractivity contribution in [3.05, 3.63) is 23.3 Å². The van der Waals surface area contributed by atoms with Crippen LogP contribution in [0.2, 0.25) is 0 Å². The molecule has 0 aromatic heterocycles. The number of fused-ring (bicyclic) bond motifs is 6. The number of rotatable bonds is 2. The first-order valence-electron chi connectivity index (χ1n) is 12.9. The molecule has 0 saturated heterocycles. The van der Waals surface area contributed by atoms with Crippen molar-refractivity contribution in [3.63, 3.8) is 0 Å². The lowest BCUT2D eigenvalue weighted by Gasteiger charge is -2.60. The predicted molar refractivity (Wildman–Crippen MR) is 126 cm³/mol. The van der Waals surface area contributed by atoms with Crippen molar-refractivity contribution < 1.29 is 24.4 Å². The van der Waals surface area contributed by atoms with Crippen LogP contribution < -0.4 is 14.2 Å². The molecular weight excluding hydrogens is 416 g/mol. The molecule has 0 unspecified atom stereocenters. The molecule has 180 valence electrons. The molecule has 1 aromatic carbocycles. The fourth-order valence-electron chi connectivity index (χ4n) is 8.68. The Bertz CT molecular complexity index is 971. The molecule has 5 nitrogen and oxygen atoms in total. The van der Waals surface area contributed by atoms with E-state index >= 15 is 0 Å². The molecule has 6 rings (SSSR count). The van der Waals surface area contributed by atoms with Gasteiger partial charge in [-0.15, -0.1) is 0 Å². The average molecular weight is 455 g/mol. The summed E-state index contributed by atoms with van der Waals surface area (Å²) in [6.45, 7) is 5.07. The molecule has 1 aliphatic heterocycles. The highest BCUT2D eigenvalue weighted by atomic mass is 16.7. The Morgan fingerprint density at radius 1 is 1.00 bits per heavy atom. The first kappa shape index (κ1) is 21.8. The zero-order valence-electron chi connectivity index (χ0n) is 20.2. The number of aliphatic hydroxyl groups is 2. The van der Waals surface area contributed by atoms with E-state index in [1.807, 2.05) is 12.1 Å². The van der Waals surface area contributed by atoms with Crippen molar-refractivity contribution in [2.45, 2.75) is 77.4 Å². The smallest absolute Gasteiger partial charge is 0.231 e. The third-order valence-electron chi connectivity index (χ3n) is 10.5. The number of benzene rings is 1. The molecule has 5 heteroatoms. The van der Waals surface area contributed by atoms with E-state index in [9.17, 15) is 10.2 Å². The molecular formula is C28H38O5. The van der Waals surface area contributed by atoms with Crippen LogP contribution in [0.5, 0.6) is 17.2 Å². The second-order valence-corrected chi connectivity index (χ2v) is 11.9. The number of hydrogen-bond acceptors (Lipinski definition) is 5. The molecule has 8 atom stereocenters. The first-order chi connectivity index (χ1) is 15.8. The van der Waals surface area contributed by atoms with E-state index < -0.39 is 6.10 Å². The predicted octanol–water partition coefficient (Wildman–Crippen LogP) is 5.18. The minimum atomic E-state index is -0.404. The van der Waals surface area contributed by atoms with Crippen LogP contribution in [-0.2, 0) is 0 Å². The Morgan fingerprint density at radius 3 is 2.64 bits per heavy atom. The van der Waals surface area contributed by atoms with Crippen LogP contribution in [0.25, 0.3) is 6.08 Å². The average Bonchev–Trinajstić information content (AvgIpc) is 3.37. The number of methoxy groups -OCH3 is 1. The van der Waals surface area contributed by atoms with Crippen molar-refractivity contribution in [1.29, 1.82) is 0 Å². The standard InChI is InChI=1S/C28H38O5/c1-27-8-6-19(29)14-18(27)4-5-20-21(27)7-9-28(2)22(20)13-17(26(28)30)10-16-11-23(31-3)25-24(12-16)32-15-33-25/h10-12,18-22,26,29-30H,4-9,13-15H2,1-3H3/b17-10+/t18-,19+,20+,21-,22-,26+,27-,28-/m0/s1. The molecule has 0 amide bonds. The van der Waals surface area contributed by atoms with Crippen molar-refractivity contribution in [3.8, 4) is 17.2 Å². The van der Waals surface area contributed by atoms with Gasteiger partial charge in [-0.2, -0.15) is 0 Å². The normalized spacial score (nSPS) is 44.8. The summed E-state index contributed by atoms with van der Waals surface area (Å²) in [6, 6.07) is 3.98. The second-order valence-electron chi connectivity index (χ2n) is 11.9. The largest absolute Gasteiger partial charge is 0.493 e. The van der Waals surface area contributed by atoms with Gasteiger partial charge in [0, 0.05) is 5.41 Å². The molecule has 0 spiro atoms. The topological polar surface area (TPSA) is 68.2 Å². The zero-order valence-corrected chi connectivity index (χ0v) is 20.2. The summed E-state index contributed by atoms with van der Waals surface area (Å²) in [5.41, 5.74) is 2.45. The van der Waals surface area contributed by atoms with E-state index in [1.54, 1.807) is 7.11 Å². The Kier molecular flexibility index (Phi) is 5.05. The fraction of sp³-hybridized carbons (Fsp3) is 0.714. The molecule has 1 heterocycles. The highest BCUT2D eigenvalue weighted by molar-refractivity contribution is 5.65. The zero-order chi connectivity index (χ0) is 23.0. The summed E-state index contributed by atoms with van der Waals surface area (Å²) in [5.74, 6) is 4.64. The maximum atomic E-state index is 11.6. The van der Waals surface area contributed by atoms with Crippen molar-refractivity contribution in [2.24, 2.45) is 34.5 Å². The quantitative estimate of drug-likeness (QED) is 0.644. The molecule has 4 saturated carbocycles. The van der Waals surface area contributed by atoms with E-state index in [0.29, 0.717) is 40.4 Å². The van der Waals surface area contributed by atoms with Gasteiger partial charge in [-0.05, 0) is 104 Å². The molecule has 1 aromatic rings. The molecule has 4 aliphatic carbocycles. The van der Waals surface area contributed by atoms with Crippen LogP contribution in [0.4, 0.5) is 0 Å². The summed E-state index contributed by atoms with van der Waals surface area (Å²) in [5, 5.41) is 21.8. The van der Waals surface area contributed by atoms with Gasteiger partial charge < -0.3 is 24.4 Å². The minimum absolute atomic E-state index is 0.0508. The fourth-order valence-corrected chi connectivity index (χ4v) is 8.68. The summed E-state index contributed by atoms with van der Waals surface area (Å²) in [6.07, 6.45) is 10.5. The maximum Gasteiger partial charge on any atom is 0.231 e. The van der Waals surface area contributed by atoms with E-state index in [0.717, 1.165) is 49.2 Å². The lowest BCUT2D eigenvalue weighted by Crippen LogP contribution is -2.54. The number of ether oxygens (including phenoxy) is 3. The van der Waals surface area contributed by atoms with E-state index in [1.165, 1.54) is 19.3 Å². The van der Waals surface area contributed by atoms with E-state index in [4.69, 9.17) is 14.2 Å². The third kappa shape index (κ3) is 3.18. The van der Waals surface area contributed by atoms with Crippen molar-refractivity contribution >= 4 is 6.08 Å². The minimum Gasteiger partial charge on any atom is -0.493 e. The van der Waals surface area contributed by atoms with Gasteiger partial charge in [0.1, 0.15) is 0 Å². The Morgan fingerprint density at radius 2 is 1.82 bits per heavy atom. The lowest BCUT2D eigenvalue weighted by molar-refractivity contribution is -0.133. The summed E-state index contributed by atoms with van der Waals surface area (Å²) in [7, 11) is 1.65. The Balaban J connectivity index is 1.30. The second kappa shape index (κ2) is 7.64. The first-order valence-corrected chi connectivity index (χ1v) is 12.9. The van der Waals surface area contributed by atoms with Crippen LogP contribution >= 0.6 is 0 Å². The number of aliphatic hydroxyl groups excluding tert-OH is 2. The summed E-state index contributed by atoms with van der Waals surface area (Å²) < 4.78 is 16.7. The molecule has 4 fully saturated rings. The van der Waals surface area contributed by atoms with Gasteiger partial charge in [0.25, 0.3) is 0 Å². The molecule has 33 heavy (non-hydrogen) atoms. The van der Waals surface area contributed by atoms with E-state index in [2.05, 4.69) is 19.9 Å². The van der Waals surface area contributed by atoms with Gasteiger partial charge in [-0.3, -0.25) is 0 Å². The molecule has 2 N–H and O–H groups in total. The number of hydrogen-bond donors (Lipinski definition) is 2. The van der Waals surface area contributed by atoms with Gasteiger partial charge in [-0.25, -0.2) is 0 Å². The van der Waals surface area contributed by atoms with Crippen LogP contribution in [0.15, 0.2) is 17.7 Å².